The molecule has 0 atom stereocenters. The summed E-state index contributed by atoms with van der Waals surface area (Å²) >= 11 is 0. The van der Waals surface area contributed by atoms with Crippen LogP contribution >= 0.6 is 12.4 Å². The van der Waals surface area contributed by atoms with E-state index in [0.29, 0.717) is 31.1 Å². The molecule has 2 N–H and O–H groups in total. The van der Waals surface area contributed by atoms with Crippen molar-refractivity contribution in [2.75, 3.05) is 33.2 Å². The van der Waals surface area contributed by atoms with Crippen molar-refractivity contribution >= 4 is 28.3 Å². The minimum atomic E-state index is -3.58. The molecular weight excluding hydrogens is 386 g/mol. The average molecular weight is 418 g/mol. The number of sulfonamides is 1. The van der Waals surface area contributed by atoms with Crippen molar-refractivity contribution in [3.8, 4) is 0 Å². The van der Waals surface area contributed by atoms with Crippen LogP contribution in [-0.2, 0) is 10.0 Å². The lowest BCUT2D eigenvalue weighted by Gasteiger charge is -2.30. The quantitative estimate of drug-likeness (QED) is 0.668. The van der Waals surface area contributed by atoms with E-state index in [1.807, 2.05) is 20.9 Å². The van der Waals surface area contributed by atoms with E-state index >= 15 is 0 Å². The molecule has 0 bridgehead atoms. The third-order valence-corrected chi connectivity index (χ3v) is 7.16. The Balaban J connectivity index is 0.00000364. The molecule has 154 valence electrons. The maximum atomic E-state index is 13.1. The fourth-order valence-electron chi connectivity index (χ4n) is 3.16. The van der Waals surface area contributed by atoms with Gasteiger partial charge in [0.05, 0.1) is 4.90 Å². The second-order valence-electron chi connectivity index (χ2n) is 7.22. The Morgan fingerprint density at radius 3 is 2.41 bits per heavy atom. The van der Waals surface area contributed by atoms with Crippen LogP contribution in [0.1, 0.15) is 47.7 Å². The van der Waals surface area contributed by atoms with Crippen LogP contribution in [0.3, 0.4) is 0 Å². The predicted octanol–water partition coefficient (Wildman–Crippen LogP) is 2.49. The van der Waals surface area contributed by atoms with Gasteiger partial charge >= 0.3 is 0 Å². The molecular formula is C19H32ClN3O3S. The highest BCUT2D eigenvalue weighted by Gasteiger charge is 2.30. The molecule has 1 aromatic rings. The molecule has 6 nitrogen and oxygen atoms in total. The van der Waals surface area contributed by atoms with E-state index < -0.39 is 10.0 Å². The van der Waals surface area contributed by atoms with E-state index in [4.69, 9.17) is 0 Å². The Labute approximate surface area is 169 Å². The SMILES string of the molecule is CNCCCNC(=O)c1cc(C)c(C)c(S(=O)(=O)N2CCC(C)CC2)c1.Cl. The Morgan fingerprint density at radius 2 is 1.81 bits per heavy atom. The van der Waals surface area contributed by atoms with E-state index in [2.05, 4.69) is 17.6 Å². The fourth-order valence-corrected chi connectivity index (χ4v) is 4.95. The number of aryl methyl sites for hydroxylation is 1. The van der Waals surface area contributed by atoms with Crippen LogP contribution in [0.25, 0.3) is 0 Å². The monoisotopic (exact) mass is 417 g/mol. The van der Waals surface area contributed by atoms with Crippen LogP contribution in [0.4, 0.5) is 0 Å². The van der Waals surface area contributed by atoms with Crippen LogP contribution in [0.2, 0.25) is 0 Å². The summed E-state index contributed by atoms with van der Waals surface area (Å²) in [6, 6.07) is 3.29. The lowest BCUT2D eigenvalue weighted by atomic mass is 10.0. The third kappa shape index (κ3) is 5.91. The second-order valence-corrected chi connectivity index (χ2v) is 9.12. The summed E-state index contributed by atoms with van der Waals surface area (Å²) in [5.74, 6) is 0.326. The molecule has 0 aliphatic carbocycles. The third-order valence-electron chi connectivity index (χ3n) is 5.13. The van der Waals surface area contributed by atoms with Gasteiger partial charge in [-0.3, -0.25) is 4.79 Å². The molecule has 1 heterocycles. The second kappa shape index (κ2) is 10.4. The van der Waals surface area contributed by atoms with Crippen LogP contribution in [0.15, 0.2) is 17.0 Å². The van der Waals surface area contributed by atoms with Crippen molar-refractivity contribution in [3.05, 3.63) is 28.8 Å². The maximum absolute atomic E-state index is 13.1. The first-order valence-electron chi connectivity index (χ1n) is 9.31. The van der Waals surface area contributed by atoms with Gasteiger partial charge in [-0.05, 0) is 75.9 Å². The fraction of sp³-hybridized carbons (Fsp3) is 0.632. The summed E-state index contributed by atoms with van der Waals surface area (Å²) in [5, 5.41) is 5.89. The van der Waals surface area contributed by atoms with Gasteiger partial charge < -0.3 is 10.6 Å². The number of amides is 1. The molecule has 1 aliphatic rings. The molecule has 0 aromatic heterocycles. The van der Waals surface area contributed by atoms with Gasteiger partial charge in [0.2, 0.25) is 10.0 Å². The minimum Gasteiger partial charge on any atom is -0.352 e. The van der Waals surface area contributed by atoms with Gasteiger partial charge in [0, 0.05) is 25.2 Å². The Hall–Kier alpha value is -1.15. The average Bonchev–Trinajstić information content (AvgIpc) is 2.61. The Kier molecular flexibility index (Phi) is 9.21. The van der Waals surface area contributed by atoms with Gasteiger partial charge in [-0.1, -0.05) is 6.92 Å². The lowest BCUT2D eigenvalue weighted by molar-refractivity contribution is 0.0953. The number of carbonyl (C=O) groups is 1. The maximum Gasteiger partial charge on any atom is 0.251 e. The van der Waals surface area contributed by atoms with Gasteiger partial charge in [-0.25, -0.2) is 8.42 Å². The highest BCUT2D eigenvalue weighted by molar-refractivity contribution is 7.89. The van der Waals surface area contributed by atoms with Crippen LogP contribution in [0.5, 0.6) is 0 Å². The van der Waals surface area contributed by atoms with E-state index in [1.54, 1.807) is 10.4 Å². The van der Waals surface area contributed by atoms with E-state index in [1.165, 1.54) is 6.07 Å². The summed E-state index contributed by atoms with van der Waals surface area (Å²) in [4.78, 5) is 12.7. The van der Waals surface area contributed by atoms with Crippen molar-refractivity contribution in [3.63, 3.8) is 0 Å². The van der Waals surface area contributed by atoms with Crippen molar-refractivity contribution in [1.82, 2.24) is 14.9 Å². The van der Waals surface area contributed by atoms with Crippen molar-refractivity contribution in [1.29, 1.82) is 0 Å². The van der Waals surface area contributed by atoms with Crippen LogP contribution in [-0.4, -0.2) is 51.9 Å². The summed E-state index contributed by atoms with van der Waals surface area (Å²) in [6.45, 7) is 8.27. The van der Waals surface area contributed by atoms with Crippen molar-refractivity contribution in [2.24, 2.45) is 5.92 Å². The van der Waals surface area contributed by atoms with E-state index in [-0.39, 0.29) is 23.2 Å². The van der Waals surface area contributed by atoms with Crippen LogP contribution < -0.4 is 10.6 Å². The van der Waals surface area contributed by atoms with Gasteiger partial charge in [-0.15, -0.1) is 12.4 Å². The van der Waals surface area contributed by atoms with Gasteiger partial charge in [0.1, 0.15) is 0 Å². The number of hydrogen-bond acceptors (Lipinski definition) is 4. The molecule has 8 heteroatoms. The summed E-state index contributed by atoms with van der Waals surface area (Å²) in [7, 11) is -1.72. The van der Waals surface area contributed by atoms with E-state index in [9.17, 15) is 13.2 Å². The number of nitrogens with one attached hydrogen (secondary N) is 2. The van der Waals surface area contributed by atoms with Gasteiger partial charge in [-0.2, -0.15) is 4.31 Å². The van der Waals surface area contributed by atoms with Crippen LogP contribution in [0, 0.1) is 19.8 Å². The highest BCUT2D eigenvalue weighted by Crippen LogP contribution is 2.28. The molecule has 1 amide bonds. The normalized spacial score (nSPS) is 16.0. The van der Waals surface area contributed by atoms with Crippen molar-refractivity contribution in [2.45, 2.75) is 44.9 Å². The number of halogens is 1. The predicted molar refractivity (Wildman–Crippen MR) is 111 cm³/mol. The molecule has 1 aromatic carbocycles. The molecule has 1 fully saturated rings. The molecule has 0 unspecified atom stereocenters. The molecule has 0 radical (unpaired) electrons. The Morgan fingerprint density at radius 1 is 1.19 bits per heavy atom. The summed E-state index contributed by atoms with van der Waals surface area (Å²) < 4.78 is 27.8. The zero-order chi connectivity index (χ0) is 19.3. The minimum absolute atomic E-state index is 0. The molecule has 1 saturated heterocycles. The number of benzene rings is 1. The summed E-state index contributed by atoms with van der Waals surface area (Å²) in [6.07, 6.45) is 2.58. The standard InChI is InChI=1S/C19H31N3O3S.ClH/c1-14-6-10-22(11-7-14)26(24,25)18-13-17(12-15(2)16(18)3)19(23)21-9-5-8-20-4;/h12-14,20H,5-11H2,1-4H3,(H,21,23);1H. The first-order valence-corrected chi connectivity index (χ1v) is 10.8. The molecule has 2 rings (SSSR count). The smallest absolute Gasteiger partial charge is 0.251 e. The van der Waals surface area contributed by atoms with Crippen molar-refractivity contribution < 1.29 is 13.2 Å². The highest BCUT2D eigenvalue weighted by atomic mass is 35.5. The lowest BCUT2D eigenvalue weighted by Crippen LogP contribution is -2.38. The zero-order valence-corrected chi connectivity index (χ0v) is 18.3. The largest absolute Gasteiger partial charge is 0.352 e. The number of carbonyl (C=O) groups excluding carboxylic acids is 1. The number of nitrogens with zero attached hydrogens (tertiary/aromatic N) is 1. The molecule has 1 aliphatic heterocycles. The first-order chi connectivity index (χ1) is 12.3. The molecule has 27 heavy (non-hydrogen) atoms. The Bertz CT molecular complexity index is 745. The number of piperidine rings is 1. The number of hydrogen-bond donors (Lipinski definition) is 2. The molecule has 0 spiro atoms. The molecule has 0 saturated carbocycles. The van der Waals surface area contributed by atoms with Gasteiger partial charge in [0.15, 0.2) is 0 Å². The zero-order valence-electron chi connectivity index (χ0n) is 16.7. The summed E-state index contributed by atoms with van der Waals surface area (Å²) in [5.41, 5.74) is 1.94. The van der Waals surface area contributed by atoms with E-state index in [0.717, 1.165) is 36.9 Å². The first kappa shape index (κ1) is 23.9. The van der Waals surface area contributed by atoms with Gasteiger partial charge in [0.25, 0.3) is 5.91 Å². The number of rotatable bonds is 7. The topological polar surface area (TPSA) is 78.5 Å².